The Bertz CT molecular complexity index is 592. The van der Waals surface area contributed by atoms with E-state index in [0.29, 0.717) is 11.8 Å². The number of hydrogen-bond donors (Lipinski definition) is 1. The molecule has 3 nitrogen and oxygen atoms in total. The maximum atomic E-state index is 6.10. The number of nitrogens with one attached hydrogen (secondary N) is 1. The van der Waals surface area contributed by atoms with Crippen molar-refractivity contribution >= 4 is 33.2 Å². The number of benzene rings is 1. The number of anilines is 1. The number of para-hydroxylation sites is 1. The van der Waals surface area contributed by atoms with E-state index in [-0.39, 0.29) is 6.04 Å². The van der Waals surface area contributed by atoms with Crippen molar-refractivity contribution in [2.75, 3.05) is 11.9 Å². The van der Waals surface area contributed by atoms with Crippen molar-refractivity contribution < 1.29 is 4.74 Å². The summed E-state index contributed by atoms with van der Waals surface area (Å²) in [6.07, 6.45) is 1.67. The van der Waals surface area contributed by atoms with E-state index in [2.05, 4.69) is 33.2 Å². The van der Waals surface area contributed by atoms with E-state index in [1.165, 1.54) is 0 Å². The zero-order chi connectivity index (χ0) is 14.5. The van der Waals surface area contributed by atoms with Crippen LogP contribution in [0.5, 0.6) is 5.75 Å². The van der Waals surface area contributed by atoms with Crippen LogP contribution >= 0.6 is 27.5 Å². The monoisotopic (exact) mass is 354 g/mol. The quantitative estimate of drug-likeness (QED) is 0.760. The minimum Gasteiger partial charge on any atom is -0.494 e. The predicted octanol–water partition coefficient (Wildman–Crippen LogP) is 5.07. The highest BCUT2D eigenvalue weighted by molar-refractivity contribution is 9.10. The summed E-state index contributed by atoms with van der Waals surface area (Å²) in [5, 5.41) is 3.81. The van der Waals surface area contributed by atoms with Gasteiger partial charge < -0.3 is 10.1 Å². The smallest absolute Gasteiger partial charge is 0.152 e. The van der Waals surface area contributed by atoms with Crippen molar-refractivity contribution in [3.8, 4) is 5.75 Å². The van der Waals surface area contributed by atoms with Gasteiger partial charge in [0.15, 0.2) is 5.15 Å². The van der Waals surface area contributed by atoms with Crippen molar-refractivity contribution in [1.82, 2.24) is 4.98 Å². The van der Waals surface area contributed by atoms with Gasteiger partial charge in [-0.1, -0.05) is 29.8 Å². The summed E-state index contributed by atoms with van der Waals surface area (Å²) < 4.78 is 6.54. The molecule has 1 N–H and O–H groups in total. The summed E-state index contributed by atoms with van der Waals surface area (Å²) in [5.41, 5.74) is 1.88. The first kappa shape index (κ1) is 15.1. The molecule has 2 aromatic rings. The lowest BCUT2D eigenvalue weighted by atomic mass is 10.1. The Morgan fingerprint density at radius 2 is 2.15 bits per heavy atom. The topological polar surface area (TPSA) is 34.1 Å². The average Bonchev–Trinajstić information content (AvgIpc) is 2.44. The number of aromatic nitrogens is 1. The molecule has 2 rings (SSSR count). The van der Waals surface area contributed by atoms with Crippen molar-refractivity contribution in [2.24, 2.45) is 0 Å². The van der Waals surface area contributed by atoms with Gasteiger partial charge in [-0.25, -0.2) is 4.98 Å². The highest BCUT2D eigenvalue weighted by Gasteiger charge is 2.13. The minimum absolute atomic E-state index is 0.0614. The lowest BCUT2D eigenvalue weighted by Gasteiger charge is -2.19. The third kappa shape index (κ3) is 3.64. The Balaban J connectivity index is 2.23. The Morgan fingerprint density at radius 1 is 1.40 bits per heavy atom. The van der Waals surface area contributed by atoms with Crippen molar-refractivity contribution in [1.29, 1.82) is 0 Å². The van der Waals surface area contributed by atoms with Gasteiger partial charge in [0.1, 0.15) is 5.75 Å². The number of halogens is 2. The van der Waals surface area contributed by atoms with E-state index >= 15 is 0 Å². The molecule has 1 heterocycles. The van der Waals surface area contributed by atoms with E-state index in [4.69, 9.17) is 16.3 Å². The molecule has 1 atom stereocenters. The number of rotatable bonds is 5. The van der Waals surface area contributed by atoms with Crippen LogP contribution in [0, 0.1) is 0 Å². The first-order valence-corrected chi connectivity index (χ1v) is 7.58. The highest BCUT2D eigenvalue weighted by atomic mass is 79.9. The molecule has 0 fully saturated rings. The molecule has 0 bridgehead atoms. The summed E-state index contributed by atoms with van der Waals surface area (Å²) in [7, 11) is 0. The second-order valence-corrected chi connectivity index (χ2v) is 5.60. The summed E-state index contributed by atoms with van der Waals surface area (Å²) >= 11 is 9.50. The average molecular weight is 356 g/mol. The second kappa shape index (κ2) is 6.95. The standard InChI is InChI=1S/C15H16BrClN2O/c1-3-20-14-7-5-4-6-12(14)10(2)19-13-8-11(16)9-18-15(13)17/h4-10,19H,3H2,1-2H3. The van der Waals surface area contributed by atoms with Gasteiger partial charge >= 0.3 is 0 Å². The van der Waals surface area contributed by atoms with Crippen molar-refractivity contribution in [3.05, 3.63) is 51.7 Å². The Labute approximate surface area is 132 Å². The van der Waals surface area contributed by atoms with Gasteiger partial charge in [-0.15, -0.1) is 0 Å². The molecular formula is C15H16BrClN2O. The fourth-order valence-electron chi connectivity index (χ4n) is 1.96. The molecule has 0 aliphatic rings. The molecule has 106 valence electrons. The molecule has 1 unspecified atom stereocenters. The van der Waals surface area contributed by atoms with E-state index in [1.807, 2.05) is 37.3 Å². The van der Waals surface area contributed by atoms with E-state index in [1.54, 1.807) is 6.20 Å². The van der Waals surface area contributed by atoms with Gasteiger partial charge in [0.25, 0.3) is 0 Å². The van der Waals surface area contributed by atoms with Gasteiger partial charge in [-0.2, -0.15) is 0 Å². The molecule has 0 aliphatic heterocycles. The summed E-state index contributed by atoms with van der Waals surface area (Å²) in [6, 6.07) is 9.95. The summed E-state index contributed by atoms with van der Waals surface area (Å²) in [5.74, 6) is 0.883. The van der Waals surface area contributed by atoms with E-state index < -0.39 is 0 Å². The molecule has 5 heteroatoms. The number of hydrogen-bond acceptors (Lipinski definition) is 3. The Morgan fingerprint density at radius 3 is 2.90 bits per heavy atom. The van der Waals surface area contributed by atoms with E-state index in [9.17, 15) is 0 Å². The number of pyridine rings is 1. The van der Waals surface area contributed by atoms with Crippen LogP contribution in [0.15, 0.2) is 41.0 Å². The van der Waals surface area contributed by atoms with Crippen LogP contribution in [-0.4, -0.2) is 11.6 Å². The van der Waals surface area contributed by atoms with E-state index in [0.717, 1.165) is 21.5 Å². The first-order chi connectivity index (χ1) is 9.61. The normalized spacial score (nSPS) is 12.0. The molecule has 0 radical (unpaired) electrons. The summed E-state index contributed by atoms with van der Waals surface area (Å²) in [4.78, 5) is 4.11. The third-order valence-corrected chi connectivity index (χ3v) is 3.60. The Hall–Kier alpha value is -1.26. The van der Waals surface area contributed by atoms with Crippen LogP contribution in [-0.2, 0) is 0 Å². The van der Waals surface area contributed by atoms with Crippen molar-refractivity contribution in [2.45, 2.75) is 19.9 Å². The zero-order valence-electron chi connectivity index (χ0n) is 11.4. The lowest BCUT2D eigenvalue weighted by Crippen LogP contribution is -2.09. The first-order valence-electron chi connectivity index (χ1n) is 6.41. The predicted molar refractivity (Wildman–Crippen MR) is 86.6 cm³/mol. The van der Waals surface area contributed by atoms with Crippen LogP contribution in [0.2, 0.25) is 5.15 Å². The molecule has 0 amide bonds. The molecule has 20 heavy (non-hydrogen) atoms. The molecule has 1 aromatic heterocycles. The number of nitrogens with zero attached hydrogens (tertiary/aromatic N) is 1. The fourth-order valence-corrected chi connectivity index (χ4v) is 2.45. The van der Waals surface area contributed by atoms with Crippen LogP contribution in [0.3, 0.4) is 0 Å². The van der Waals surface area contributed by atoms with Crippen LogP contribution in [0.1, 0.15) is 25.5 Å². The van der Waals surface area contributed by atoms with Crippen LogP contribution < -0.4 is 10.1 Å². The summed E-state index contributed by atoms with van der Waals surface area (Å²) in [6.45, 7) is 4.68. The fraction of sp³-hybridized carbons (Fsp3) is 0.267. The molecule has 0 saturated carbocycles. The van der Waals surface area contributed by atoms with Gasteiger partial charge in [0.2, 0.25) is 0 Å². The van der Waals surface area contributed by atoms with Gasteiger partial charge in [-0.3, -0.25) is 0 Å². The molecule has 0 spiro atoms. The molecular weight excluding hydrogens is 340 g/mol. The molecule has 0 aliphatic carbocycles. The van der Waals surface area contributed by atoms with Crippen LogP contribution in [0.4, 0.5) is 5.69 Å². The van der Waals surface area contributed by atoms with Gasteiger partial charge in [-0.05, 0) is 41.9 Å². The van der Waals surface area contributed by atoms with Gasteiger partial charge in [0.05, 0.1) is 18.3 Å². The maximum Gasteiger partial charge on any atom is 0.152 e. The highest BCUT2D eigenvalue weighted by Crippen LogP contribution is 2.31. The van der Waals surface area contributed by atoms with Crippen LogP contribution in [0.25, 0.3) is 0 Å². The minimum atomic E-state index is 0.0614. The Kier molecular flexibility index (Phi) is 5.26. The largest absolute Gasteiger partial charge is 0.494 e. The number of ether oxygens (including phenoxy) is 1. The third-order valence-electron chi connectivity index (χ3n) is 2.86. The SMILES string of the molecule is CCOc1ccccc1C(C)Nc1cc(Br)cnc1Cl. The lowest BCUT2D eigenvalue weighted by molar-refractivity contribution is 0.335. The van der Waals surface area contributed by atoms with Gasteiger partial charge in [0, 0.05) is 16.2 Å². The maximum absolute atomic E-state index is 6.10. The second-order valence-electron chi connectivity index (χ2n) is 4.33. The zero-order valence-corrected chi connectivity index (χ0v) is 13.7. The molecule has 1 aromatic carbocycles. The van der Waals surface area contributed by atoms with Crippen molar-refractivity contribution in [3.63, 3.8) is 0 Å². The molecule has 0 saturated heterocycles.